The number of aryl methyl sites for hydroxylation is 1. The summed E-state index contributed by atoms with van der Waals surface area (Å²) in [6.45, 7) is 1.95. The highest BCUT2D eigenvalue weighted by Gasteiger charge is 2.00. The lowest BCUT2D eigenvalue weighted by Crippen LogP contribution is -1.96. The number of hydrogen-bond acceptors (Lipinski definition) is 3. The molecule has 1 aromatic carbocycles. The van der Waals surface area contributed by atoms with Crippen LogP contribution in [0.2, 0.25) is 0 Å². The van der Waals surface area contributed by atoms with E-state index in [0.29, 0.717) is 5.56 Å². The Kier molecular flexibility index (Phi) is 2.44. The smallest absolute Gasteiger partial charge is 0.186 e. The van der Waals surface area contributed by atoms with Crippen molar-refractivity contribution in [3.63, 3.8) is 0 Å². The van der Waals surface area contributed by atoms with Crippen molar-refractivity contribution in [1.82, 2.24) is 0 Å². The fraction of sp³-hybridized carbons (Fsp3) is 0.111. The number of nitrogens with zero attached hydrogens (tertiary/aromatic N) is 2. The molecule has 0 saturated heterocycles. The van der Waals surface area contributed by atoms with E-state index in [4.69, 9.17) is 10.5 Å². The molecule has 0 aliphatic rings. The highest BCUT2D eigenvalue weighted by molar-refractivity contribution is 6.11. The molecular formula is C9H8N2O. The van der Waals surface area contributed by atoms with Gasteiger partial charge in [0, 0.05) is 5.56 Å². The predicted octanol–water partition coefficient (Wildman–Crippen LogP) is 1.70. The first-order valence-electron chi connectivity index (χ1n) is 3.47. The molecule has 0 spiro atoms. The van der Waals surface area contributed by atoms with Crippen molar-refractivity contribution in [3.8, 4) is 6.07 Å². The minimum absolute atomic E-state index is 0.0370. The van der Waals surface area contributed by atoms with E-state index in [1.165, 1.54) is 0 Å². The van der Waals surface area contributed by atoms with E-state index in [0.717, 1.165) is 5.56 Å². The van der Waals surface area contributed by atoms with E-state index in [-0.39, 0.29) is 5.71 Å². The summed E-state index contributed by atoms with van der Waals surface area (Å²) in [4.78, 5) is 0. The van der Waals surface area contributed by atoms with Crippen LogP contribution in [0, 0.1) is 18.3 Å². The van der Waals surface area contributed by atoms with Crippen molar-refractivity contribution in [3.05, 3.63) is 35.4 Å². The van der Waals surface area contributed by atoms with Crippen molar-refractivity contribution in [2.24, 2.45) is 5.16 Å². The van der Waals surface area contributed by atoms with Crippen molar-refractivity contribution < 1.29 is 5.21 Å². The summed E-state index contributed by atoms with van der Waals surface area (Å²) >= 11 is 0. The Labute approximate surface area is 70.6 Å². The van der Waals surface area contributed by atoms with Crippen LogP contribution in [0.15, 0.2) is 29.4 Å². The fourth-order valence-electron chi connectivity index (χ4n) is 0.856. The summed E-state index contributed by atoms with van der Waals surface area (Å²) in [6.07, 6.45) is 0. The second kappa shape index (κ2) is 3.54. The molecule has 12 heavy (non-hydrogen) atoms. The molecule has 1 aromatic rings. The van der Waals surface area contributed by atoms with E-state index in [1.54, 1.807) is 18.2 Å². The van der Waals surface area contributed by atoms with Gasteiger partial charge in [-0.05, 0) is 6.92 Å². The number of benzene rings is 1. The van der Waals surface area contributed by atoms with Gasteiger partial charge in [0.15, 0.2) is 5.71 Å². The second-order valence-corrected chi connectivity index (χ2v) is 2.43. The number of oxime groups is 1. The molecule has 0 unspecified atom stereocenters. The maximum absolute atomic E-state index is 8.51. The minimum atomic E-state index is 0.0370. The first kappa shape index (κ1) is 8.28. The second-order valence-electron chi connectivity index (χ2n) is 2.43. The Balaban J connectivity index is 3.06. The summed E-state index contributed by atoms with van der Waals surface area (Å²) in [5, 5.41) is 19.8. The molecule has 3 heteroatoms. The van der Waals surface area contributed by atoms with Crippen LogP contribution in [0.4, 0.5) is 0 Å². The zero-order valence-corrected chi connectivity index (χ0v) is 6.65. The fourth-order valence-corrected chi connectivity index (χ4v) is 0.856. The molecule has 0 aromatic heterocycles. The minimum Gasteiger partial charge on any atom is -0.410 e. The van der Waals surface area contributed by atoms with Gasteiger partial charge >= 0.3 is 0 Å². The average Bonchev–Trinajstić information content (AvgIpc) is 2.10. The molecule has 0 aliphatic carbocycles. The van der Waals surface area contributed by atoms with Crippen molar-refractivity contribution in [2.45, 2.75) is 6.92 Å². The highest BCUT2D eigenvalue weighted by Crippen LogP contribution is 2.03. The Morgan fingerprint density at radius 3 is 2.42 bits per heavy atom. The average molecular weight is 160 g/mol. The summed E-state index contributed by atoms with van der Waals surface area (Å²) in [5.74, 6) is 0. The maximum atomic E-state index is 8.51. The molecule has 0 heterocycles. The molecule has 0 atom stereocenters. The lowest BCUT2D eigenvalue weighted by molar-refractivity contribution is 0.320. The van der Waals surface area contributed by atoms with Gasteiger partial charge in [-0.1, -0.05) is 35.0 Å². The Morgan fingerprint density at radius 1 is 1.42 bits per heavy atom. The monoisotopic (exact) mass is 160 g/mol. The van der Waals surface area contributed by atoms with Gasteiger partial charge in [-0.2, -0.15) is 5.26 Å². The summed E-state index contributed by atoms with van der Waals surface area (Å²) in [7, 11) is 0. The van der Waals surface area contributed by atoms with Gasteiger partial charge < -0.3 is 5.21 Å². The van der Waals surface area contributed by atoms with Gasteiger partial charge in [0.25, 0.3) is 0 Å². The van der Waals surface area contributed by atoms with Crippen molar-refractivity contribution in [2.75, 3.05) is 0 Å². The van der Waals surface area contributed by atoms with Gasteiger partial charge in [-0.15, -0.1) is 0 Å². The zero-order valence-electron chi connectivity index (χ0n) is 6.65. The van der Waals surface area contributed by atoms with Crippen LogP contribution in [0.1, 0.15) is 11.1 Å². The zero-order chi connectivity index (χ0) is 8.97. The van der Waals surface area contributed by atoms with Gasteiger partial charge in [0.05, 0.1) is 0 Å². The summed E-state index contributed by atoms with van der Waals surface area (Å²) in [6, 6.07) is 8.99. The Morgan fingerprint density at radius 2 is 2.00 bits per heavy atom. The normalized spacial score (nSPS) is 10.8. The SMILES string of the molecule is Cc1ccc(C(C#N)=NO)cc1. The van der Waals surface area contributed by atoms with Crippen LogP contribution in [0.5, 0.6) is 0 Å². The summed E-state index contributed by atoms with van der Waals surface area (Å²) in [5.41, 5.74) is 1.77. The Hall–Kier alpha value is -1.82. The molecule has 0 fully saturated rings. The molecule has 1 N–H and O–H groups in total. The van der Waals surface area contributed by atoms with Crippen molar-refractivity contribution in [1.29, 1.82) is 5.26 Å². The molecule has 0 amide bonds. The maximum Gasteiger partial charge on any atom is 0.186 e. The molecule has 3 nitrogen and oxygen atoms in total. The third kappa shape index (κ3) is 1.61. The topological polar surface area (TPSA) is 56.4 Å². The lowest BCUT2D eigenvalue weighted by atomic mass is 10.1. The molecule has 0 radical (unpaired) electrons. The molecular weight excluding hydrogens is 152 g/mol. The van der Waals surface area contributed by atoms with E-state index in [2.05, 4.69) is 5.16 Å². The summed E-state index contributed by atoms with van der Waals surface area (Å²) < 4.78 is 0. The largest absolute Gasteiger partial charge is 0.410 e. The van der Waals surface area contributed by atoms with Gasteiger partial charge in [0.1, 0.15) is 6.07 Å². The molecule has 60 valence electrons. The number of nitriles is 1. The van der Waals surface area contributed by atoms with Gasteiger partial charge in [-0.3, -0.25) is 0 Å². The van der Waals surface area contributed by atoms with Crippen LogP contribution < -0.4 is 0 Å². The van der Waals surface area contributed by atoms with E-state index in [1.807, 2.05) is 19.1 Å². The van der Waals surface area contributed by atoms with Crippen LogP contribution in [0.3, 0.4) is 0 Å². The predicted molar refractivity (Wildman–Crippen MR) is 45.1 cm³/mol. The first-order chi connectivity index (χ1) is 5.77. The first-order valence-corrected chi connectivity index (χ1v) is 3.47. The van der Waals surface area contributed by atoms with Crippen LogP contribution in [0.25, 0.3) is 0 Å². The van der Waals surface area contributed by atoms with E-state index in [9.17, 15) is 0 Å². The third-order valence-electron chi connectivity index (χ3n) is 1.53. The number of rotatable bonds is 1. The van der Waals surface area contributed by atoms with Crippen LogP contribution in [-0.4, -0.2) is 10.9 Å². The van der Waals surface area contributed by atoms with E-state index >= 15 is 0 Å². The molecule has 0 saturated carbocycles. The van der Waals surface area contributed by atoms with Crippen LogP contribution in [-0.2, 0) is 0 Å². The standard InChI is InChI=1S/C9H8N2O/c1-7-2-4-8(5-3-7)9(6-10)11-12/h2-5,12H,1H3. The highest BCUT2D eigenvalue weighted by atomic mass is 16.4. The number of hydrogen-bond donors (Lipinski definition) is 1. The van der Waals surface area contributed by atoms with Gasteiger partial charge in [-0.25, -0.2) is 0 Å². The van der Waals surface area contributed by atoms with E-state index < -0.39 is 0 Å². The third-order valence-corrected chi connectivity index (χ3v) is 1.53. The lowest BCUT2D eigenvalue weighted by Gasteiger charge is -1.95. The molecule has 0 bridgehead atoms. The quantitative estimate of drug-likeness (QED) is 0.386. The van der Waals surface area contributed by atoms with Gasteiger partial charge in [0.2, 0.25) is 0 Å². The van der Waals surface area contributed by atoms with Crippen LogP contribution >= 0.6 is 0 Å². The Bertz CT molecular complexity index is 333. The molecule has 0 aliphatic heterocycles. The molecule has 1 rings (SSSR count). The van der Waals surface area contributed by atoms with Crippen molar-refractivity contribution >= 4 is 5.71 Å².